The van der Waals surface area contributed by atoms with Crippen molar-refractivity contribution in [1.82, 2.24) is 9.88 Å². The topological polar surface area (TPSA) is 45.4 Å². The van der Waals surface area contributed by atoms with Crippen molar-refractivity contribution in [2.24, 2.45) is 5.73 Å². The Morgan fingerprint density at radius 3 is 2.68 bits per heavy atom. The third-order valence-electron chi connectivity index (χ3n) is 3.86. The summed E-state index contributed by atoms with van der Waals surface area (Å²) >= 11 is 0. The molecule has 2 heterocycles. The predicted molar refractivity (Wildman–Crippen MR) is 79.3 cm³/mol. The summed E-state index contributed by atoms with van der Waals surface area (Å²) in [7, 11) is 2.18. The van der Waals surface area contributed by atoms with Crippen LogP contribution < -0.4 is 10.6 Å². The van der Waals surface area contributed by atoms with Gasteiger partial charge in [-0.2, -0.15) is 0 Å². The lowest BCUT2D eigenvalue weighted by atomic mass is 10.1. The minimum atomic E-state index is 0.576. The van der Waals surface area contributed by atoms with E-state index in [1.807, 2.05) is 6.20 Å². The van der Waals surface area contributed by atoms with E-state index in [0.29, 0.717) is 6.54 Å². The first-order chi connectivity index (χ1) is 9.28. The van der Waals surface area contributed by atoms with Crippen molar-refractivity contribution in [2.75, 3.05) is 38.1 Å². The molecular weight excluding hydrogens is 236 g/mol. The smallest absolute Gasteiger partial charge is 0.0723 e. The SMILES string of the molecule is CN1CCN(c2ccnc3ccc(CN)cc23)CC1. The van der Waals surface area contributed by atoms with Gasteiger partial charge in [-0.25, -0.2) is 0 Å². The highest BCUT2D eigenvalue weighted by Gasteiger charge is 2.16. The molecule has 1 aliphatic rings. The van der Waals surface area contributed by atoms with E-state index in [9.17, 15) is 0 Å². The molecule has 4 nitrogen and oxygen atoms in total. The van der Waals surface area contributed by atoms with Gasteiger partial charge in [0.1, 0.15) is 0 Å². The Morgan fingerprint density at radius 2 is 1.95 bits per heavy atom. The van der Waals surface area contributed by atoms with Gasteiger partial charge >= 0.3 is 0 Å². The van der Waals surface area contributed by atoms with Gasteiger partial charge in [-0.15, -0.1) is 0 Å². The van der Waals surface area contributed by atoms with E-state index in [0.717, 1.165) is 37.3 Å². The van der Waals surface area contributed by atoms with Crippen LogP contribution in [0.4, 0.5) is 5.69 Å². The monoisotopic (exact) mass is 256 g/mol. The molecule has 2 N–H and O–H groups in total. The molecule has 0 amide bonds. The lowest BCUT2D eigenvalue weighted by Gasteiger charge is -2.34. The molecule has 0 radical (unpaired) electrons. The summed E-state index contributed by atoms with van der Waals surface area (Å²) in [4.78, 5) is 9.26. The van der Waals surface area contributed by atoms with Crippen molar-refractivity contribution in [1.29, 1.82) is 0 Å². The standard InChI is InChI=1S/C15H20N4/c1-18-6-8-19(9-7-18)15-4-5-17-14-3-2-12(11-16)10-13(14)15/h2-5,10H,6-9,11,16H2,1H3. The van der Waals surface area contributed by atoms with E-state index in [1.54, 1.807) is 0 Å². The molecule has 0 bridgehead atoms. The van der Waals surface area contributed by atoms with Gasteiger partial charge in [-0.05, 0) is 30.8 Å². The van der Waals surface area contributed by atoms with Gasteiger partial charge in [0.25, 0.3) is 0 Å². The van der Waals surface area contributed by atoms with Gasteiger partial charge in [0.15, 0.2) is 0 Å². The van der Waals surface area contributed by atoms with Crippen molar-refractivity contribution < 1.29 is 0 Å². The fourth-order valence-electron chi connectivity index (χ4n) is 2.63. The summed E-state index contributed by atoms with van der Waals surface area (Å²) in [5.74, 6) is 0. The van der Waals surface area contributed by atoms with Gasteiger partial charge in [-0.3, -0.25) is 4.98 Å². The number of likely N-dealkylation sites (N-methyl/N-ethyl adjacent to an activating group) is 1. The maximum absolute atomic E-state index is 5.75. The molecule has 1 fully saturated rings. The Kier molecular flexibility index (Phi) is 3.36. The average Bonchev–Trinajstić information content (AvgIpc) is 2.47. The van der Waals surface area contributed by atoms with Gasteiger partial charge < -0.3 is 15.5 Å². The van der Waals surface area contributed by atoms with Gasteiger partial charge in [-0.1, -0.05) is 6.07 Å². The Bertz CT molecular complexity index is 573. The second kappa shape index (κ2) is 5.15. The van der Waals surface area contributed by atoms with Crippen LogP contribution in [0, 0.1) is 0 Å². The number of piperazine rings is 1. The fourth-order valence-corrected chi connectivity index (χ4v) is 2.63. The number of hydrogen-bond donors (Lipinski definition) is 1. The number of rotatable bonds is 2. The minimum absolute atomic E-state index is 0.576. The largest absolute Gasteiger partial charge is 0.368 e. The van der Waals surface area contributed by atoms with Gasteiger partial charge in [0.2, 0.25) is 0 Å². The zero-order valence-electron chi connectivity index (χ0n) is 11.3. The van der Waals surface area contributed by atoms with Crippen LogP contribution in [0.1, 0.15) is 5.56 Å². The first-order valence-corrected chi connectivity index (χ1v) is 6.79. The summed E-state index contributed by atoms with van der Waals surface area (Å²) in [6, 6.07) is 8.42. The minimum Gasteiger partial charge on any atom is -0.368 e. The van der Waals surface area contributed by atoms with Crippen LogP contribution in [0.5, 0.6) is 0 Å². The molecule has 2 aromatic rings. The molecule has 0 unspecified atom stereocenters. The lowest BCUT2D eigenvalue weighted by Crippen LogP contribution is -2.44. The number of hydrogen-bond acceptors (Lipinski definition) is 4. The molecule has 0 saturated carbocycles. The maximum atomic E-state index is 5.75. The molecule has 0 spiro atoms. The zero-order chi connectivity index (χ0) is 13.2. The number of aromatic nitrogens is 1. The van der Waals surface area contributed by atoms with E-state index in [1.165, 1.54) is 11.1 Å². The maximum Gasteiger partial charge on any atom is 0.0723 e. The number of benzene rings is 1. The second-order valence-corrected chi connectivity index (χ2v) is 5.18. The third kappa shape index (κ3) is 2.41. The molecule has 1 saturated heterocycles. The summed E-state index contributed by atoms with van der Waals surface area (Å²) < 4.78 is 0. The molecule has 3 rings (SSSR count). The van der Waals surface area contributed by atoms with E-state index in [-0.39, 0.29) is 0 Å². The van der Waals surface area contributed by atoms with Crippen molar-refractivity contribution in [3.8, 4) is 0 Å². The molecule has 0 aliphatic carbocycles. The molecule has 0 atom stereocenters. The van der Waals surface area contributed by atoms with E-state index >= 15 is 0 Å². The molecule has 1 aliphatic heterocycles. The van der Waals surface area contributed by atoms with E-state index in [2.05, 4.69) is 46.1 Å². The van der Waals surface area contributed by atoms with Gasteiger partial charge in [0.05, 0.1) is 5.52 Å². The van der Waals surface area contributed by atoms with Crippen LogP contribution in [0.25, 0.3) is 10.9 Å². The van der Waals surface area contributed by atoms with Crippen molar-refractivity contribution in [3.05, 3.63) is 36.0 Å². The van der Waals surface area contributed by atoms with Crippen molar-refractivity contribution >= 4 is 16.6 Å². The lowest BCUT2D eigenvalue weighted by molar-refractivity contribution is 0.313. The van der Waals surface area contributed by atoms with Crippen LogP contribution >= 0.6 is 0 Å². The van der Waals surface area contributed by atoms with Crippen molar-refractivity contribution in [3.63, 3.8) is 0 Å². The van der Waals surface area contributed by atoms with Crippen LogP contribution in [0.2, 0.25) is 0 Å². The highest BCUT2D eigenvalue weighted by atomic mass is 15.2. The number of anilines is 1. The first-order valence-electron chi connectivity index (χ1n) is 6.79. The van der Waals surface area contributed by atoms with E-state index in [4.69, 9.17) is 5.73 Å². The summed E-state index contributed by atoms with van der Waals surface area (Å²) in [6.07, 6.45) is 1.90. The van der Waals surface area contributed by atoms with Crippen LogP contribution in [0.3, 0.4) is 0 Å². The highest BCUT2D eigenvalue weighted by Crippen LogP contribution is 2.27. The van der Waals surface area contributed by atoms with Crippen LogP contribution in [-0.4, -0.2) is 43.1 Å². The Hall–Kier alpha value is -1.65. The fraction of sp³-hybridized carbons (Fsp3) is 0.400. The van der Waals surface area contributed by atoms with Gasteiger partial charge in [0, 0.05) is 50.0 Å². The average molecular weight is 256 g/mol. The van der Waals surface area contributed by atoms with E-state index < -0.39 is 0 Å². The number of nitrogens with two attached hydrogens (primary N) is 1. The molecule has 19 heavy (non-hydrogen) atoms. The number of pyridine rings is 1. The predicted octanol–water partition coefficient (Wildman–Crippen LogP) is 1.45. The Labute approximate surface area is 113 Å². The quantitative estimate of drug-likeness (QED) is 0.883. The normalized spacial score (nSPS) is 17.1. The molecule has 1 aromatic carbocycles. The first kappa shape index (κ1) is 12.4. The molecule has 4 heteroatoms. The second-order valence-electron chi connectivity index (χ2n) is 5.18. The van der Waals surface area contributed by atoms with Crippen LogP contribution in [0.15, 0.2) is 30.5 Å². The summed E-state index contributed by atoms with van der Waals surface area (Å²) in [5.41, 5.74) is 9.24. The summed E-state index contributed by atoms with van der Waals surface area (Å²) in [6.45, 7) is 4.94. The molecular formula is C15H20N4. The van der Waals surface area contributed by atoms with Crippen LogP contribution in [-0.2, 0) is 6.54 Å². The number of fused-ring (bicyclic) bond motifs is 1. The summed E-state index contributed by atoms with van der Waals surface area (Å²) in [5, 5.41) is 1.22. The highest BCUT2D eigenvalue weighted by molar-refractivity contribution is 5.92. The molecule has 1 aromatic heterocycles. The Balaban J connectivity index is 2.02. The molecule has 100 valence electrons. The zero-order valence-corrected chi connectivity index (χ0v) is 11.3. The third-order valence-corrected chi connectivity index (χ3v) is 3.86. The van der Waals surface area contributed by atoms with Crippen molar-refractivity contribution in [2.45, 2.75) is 6.54 Å². The number of nitrogens with zero attached hydrogens (tertiary/aromatic N) is 3. The Morgan fingerprint density at radius 1 is 1.16 bits per heavy atom.